The number of benzene rings is 1. The molecule has 1 atom stereocenters. The zero-order chi connectivity index (χ0) is 8.55. The van der Waals surface area contributed by atoms with Crippen LogP contribution in [0.2, 0.25) is 0 Å². The van der Waals surface area contributed by atoms with Gasteiger partial charge in [-0.3, -0.25) is 4.90 Å². The maximum atomic E-state index is 2.24. The number of rotatable bonds is 1. The van der Waals surface area contributed by atoms with Crippen LogP contribution >= 0.6 is 0 Å². The molecular weight excluding hydrogens is 146 g/mol. The monoisotopic (exact) mass is 159 g/mol. The Morgan fingerprint density at radius 1 is 1.17 bits per heavy atom. The summed E-state index contributed by atoms with van der Waals surface area (Å²) in [5, 5.41) is 0. The van der Waals surface area contributed by atoms with E-state index >= 15 is 0 Å². The van der Waals surface area contributed by atoms with Crippen molar-refractivity contribution in [2.24, 2.45) is 0 Å². The molecule has 0 saturated carbocycles. The SMILES string of the molecule is CN(C)C1C=Cc2ccccc21. The van der Waals surface area contributed by atoms with E-state index in [1.54, 1.807) is 0 Å². The highest BCUT2D eigenvalue weighted by molar-refractivity contribution is 5.61. The highest BCUT2D eigenvalue weighted by Gasteiger charge is 2.17. The Morgan fingerprint density at radius 2 is 1.92 bits per heavy atom. The Bertz CT molecular complexity index is 313. The molecule has 0 saturated heterocycles. The first kappa shape index (κ1) is 7.56. The third kappa shape index (κ3) is 1.07. The van der Waals surface area contributed by atoms with E-state index in [4.69, 9.17) is 0 Å². The minimum atomic E-state index is 0.473. The number of hydrogen-bond donors (Lipinski definition) is 0. The van der Waals surface area contributed by atoms with Crippen LogP contribution < -0.4 is 0 Å². The first-order chi connectivity index (χ1) is 5.79. The van der Waals surface area contributed by atoms with Gasteiger partial charge in [0.05, 0.1) is 6.04 Å². The summed E-state index contributed by atoms with van der Waals surface area (Å²) in [7, 11) is 4.22. The molecule has 1 aliphatic rings. The molecule has 0 bridgehead atoms. The average Bonchev–Trinajstić information content (AvgIpc) is 2.47. The Hall–Kier alpha value is -1.08. The third-order valence-electron chi connectivity index (χ3n) is 2.33. The molecule has 0 amide bonds. The van der Waals surface area contributed by atoms with Gasteiger partial charge >= 0.3 is 0 Å². The first-order valence-corrected chi connectivity index (χ1v) is 4.22. The lowest BCUT2D eigenvalue weighted by atomic mass is 10.1. The molecule has 1 heteroatoms. The van der Waals surface area contributed by atoms with E-state index in [1.165, 1.54) is 11.1 Å². The van der Waals surface area contributed by atoms with Gasteiger partial charge in [-0.15, -0.1) is 0 Å². The standard InChI is InChI=1S/C11H13N/c1-12(2)11-8-7-9-5-3-4-6-10(9)11/h3-8,11H,1-2H3. The minimum absolute atomic E-state index is 0.473. The van der Waals surface area contributed by atoms with Gasteiger partial charge < -0.3 is 0 Å². The predicted octanol–water partition coefficient (Wildman–Crippen LogP) is 2.32. The summed E-state index contributed by atoms with van der Waals surface area (Å²) in [6, 6.07) is 9.01. The second-order valence-corrected chi connectivity index (χ2v) is 3.40. The number of likely N-dealkylation sites (N-methyl/N-ethyl adjacent to an activating group) is 1. The summed E-state index contributed by atoms with van der Waals surface area (Å²) in [5.74, 6) is 0. The van der Waals surface area contributed by atoms with Crippen LogP contribution in [-0.2, 0) is 0 Å². The Labute approximate surface area is 73.3 Å². The van der Waals surface area contributed by atoms with E-state index in [0.29, 0.717) is 6.04 Å². The molecule has 1 aliphatic carbocycles. The van der Waals surface area contributed by atoms with Gasteiger partial charge in [-0.05, 0) is 25.2 Å². The lowest BCUT2D eigenvalue weighted by Gasteiger charge is -2.18. The van der Waals surface area contributed by atoms with Gasteiger partial charge in [0.25, 0.3) is 0 Å². The fourth-order valence-corrected chi connectivity index (χ4v) is 1.68. The van der Waals surface area contributed by atoms with E-state index in [0.717, 1.165) is 0 Å². The molecule has 0 radical (unpaired) electrons. The zero-order valence-electron chi connectivity index (χ0n) is 7.49. The maximum absolute atomic E-state index is 2.24. The van der Waals surface area contributed by atoms with Crippen LogP contribution in [0.5, 0.6) is 0 Å². The molecule has 0 N–H and O–H groups in total. The molecule has 0 fully saturated rings. The van der Waals surface area contributed by atoms with Crippen LogP contribution in [-0.4, -0.2) is 19.0 Å². The lowest BCUT2D eigenvalue weighted by Crippen LogP contribution is -2.16. The summed E-state index contributed by atoms with van der Waals surface area (Å²) >= 11 is 0. The summed E-state index contributed by atoms with van der Waals surface area (Å²) in [4.78, 5) is 2.22. The highest BCUT2D eigenvalue weighted by Crippen LogP contribution is 2.30. The molecule has 1 aromatic carbocycles. The van der Waals surface area contributed by atoms with Crippen molar-refractivity contribution in [3.63, 3.8) is 0 Å². The molecular formula is C11H13N. The first-order valence-electron chi connectivity index (χ1n) is 4.22. The van der Waals surface area contributed by atoms with Gasteiger partial charge in [0.15, 0.2) is 0 Å². The molecule has 2 rings (SSSR count). The van der Waals surface area contributed by atoms with Gasteiger partial charge in [-0.2, -0.15) is 0 Å². The Balaban J connectivity index is 2.42. The van der Waals surface area contributed by atoms with Crippen LogP contribution in [0.1, 0.15) is 17.2 Å². The molecule has 0 aliphatic heterocycles. The van der Waals surface area contributed by atoms with Crippen LogP contribution in [0.15, 0.2) is 30.3 Å². The van der Waals surface area contributed by atoms with Gasteiger partial charge in [0.1, 0.15) is 0 Å². The van der Waals surface area contributed by atoms with Gasteiger partial charge in [0.2, 0.25) is 0 Å². The smallest absolute Gasteiger partial charge is 0.0535 e. The summed E-state index contributed by atoms with van der Waals surface area (Å²) in [5.41, 5.74) is 2.78. The fraction of sp³-hybridized carbons (Fsp3) is 0.273. The van der Waals surface area contributed by atoms with Crippen molar-refractivity contribution >= 4 is 6.08 Å². The quantitative estimate of drug-likeness (QED) is 0.607. The van der Waals surface area contributed by atoms with Gasteiger partial charge in [-0.25, -0.2) is 0 Å². The van der Waals surface area contributed by atoms with Crippen molar-refractivity contribution in [2.75, 3.05) is 14.1 Å². The molecule has 0 heterocycles. The number of nitrogens with zero attached hydrogens (tertiary/aromatic N) is 1. The van der Waals surface area contributed by atoms with E-state index in [1.807, 2.05) is 0 Å². The molecule has 0 aromatic heterocycles. The van der Waals surface area contributed by atoms with Crippen molar-refractivity contribution in [3.8, 4) is 0 Å². The second-order valence-electron chi connectivity index (χ2n) is 3.40. The number of hydrogen-bond acceptors (Lipinski definition) is 1. The minimum Gasteiger partial charge on any atom is -0.299 e. The molecule has 1 unspecified atom stereocenters. The normalized spacial score (nSPS) is 20.1. The van der Waals surface area contributed by atoms with Crippen LogP contribution in [0.3, 0.4) is 0 Å². The van der Waals surface area contributed by atoms with Crippen molar-refractivity contribution in [3.05, 3.63) is 41.5 Å². The van der Waals surface area contributed by atoms with Crippen LogP contribution in [0, 0.1) is 0 Å². The molecule has 62 valence electrons. The molecule has 0 spiro atoms. The van der Waals surface area contributed by atoms with Crippen molar-refractivity contribution in [1.82, 2.24) is 4.90 Å². The fourth-order valence-electron chi connectivity index (χ4n) is 1.68. The molecule has 12 heavy (non-hydrogen) atoms. The van der Waals surface area contributed by atoms with E-state index < -0.39 is 0 Å². The third-order valence-corrected chi connectivity index (χ3v) is 2.33. The van der Waals surface area contributed by atoms with Crippen LogP contribution in [0.4, 0.5) is 0 Å². The second kappa shape index (κ2) is 2.76. The summed E-state index contributed by atoms with van der Waals surface area (Å²) in [6.07, 6.45) is 4.44. The zero-order valence-corrected chi connectivity index (χ0v) is 7.49. The maximum Gasteiger partial charge on any atom is 0.0535 e. The van der Waals surface area contributed by atoms with Crippen LogP contribution in [0.25, 0.3) is 6.08 Å². The lowest BCUT2D eigenvalue weighted by molar-refractivity contribution is 0.355. The predicted molar refractivity (Wildman–Crippen MR) is 51.9 cm³/mol. The number of fused-ring (bicyclic) bond motifs is 1. The van der Waals surface area contributed by atoms with Crippen molar-refractivity contribution < 1.29 is 0 Å². The van der Waals surface area contributed by atoms with E-state index in [2.05, 4.69) is 55.4 Å². The van der Waals surface area contributed by atoms with Crippen molar-refractivity contribution in [1.29, 1.82) is 0 Å². The van der Waals surface area contributed by atoms with E-state index in [9.17, 15) is 0 Å². The summed E-state index contributed by atoms with van der Waals surface area (Å²) in [6.45, 7) is 0. The Kier molecular flexibility index (Phi) is 1.74. The summed E-state index contributed by atoms with van der Waals surface area (Å²) < 4.78 is 0. The molecule has 1 nitrogen and oxygen atoms in total. The van der Waals surface area contributed by atoms with Crippen molar-refractivity contribution in [2.45, 2.75) is 6.04 Å². The topological polar surface area (TPSA) is 3.24 Å². The van der Waals surface area contributed by atoms with Gasteiger partial charge in [0, 0.05) is 0 Å². The average molecular weight is 159 g/mol. The highest BCUT2D eigenvalue weighted by atomic mass is 15.1. The largest absolute Gasteiger partial charge is 0.299 e. The van der Waals surface area contributed by atoms with Gasteiger partial charge in [-0.1, -0.05) is 36.4 Å². The van der Waals surface area contributed by atoms with E-state index in [-0.39, 0.29) is 0 Å². The molecule has 1 aromatic rings. The Morgan fingerprint density at radius 3 is 2.67 bits per heavy atom.